The van der Waals surface area contributed by atoms with Gasteiger partial charge in [0.15, 0.2) is 0 Å². The monoisotopic (exact) mass is 476 g/mol. The summed E-state index contributed by atoms with van der Waals surface area (Å²) in [6, 6.07) is 15.4. The van der Waals surface area contributed by atoms with Crippen LogP contribution in [0.1, 0.15) is 81.1 Å². The maximum atomic E-state index is 5.57. The first-order chi connectivity index (χ1) is 17.0. The molecule has 1 aliphatic rings. The molecule has 1 aliphatic heterocycles. The number of anilines is 3. The molecule has 0 aliphatic carbocycles. The number of ether oxygens (including phenoxy) is 1. The third kappa shape index (κ3) is 6.61. The lowest BCUT2D eigenvalue weighted by molar-refractivity contribution is 0.183. The average molecular weight is 477 g/mol. The molecule has 1 unspecified atom stereocenters. The van der Waals surface area contributed by atoms with Crippen LogP contribution in [0.25, 0.3) is 0 Å². The molecule has 0 radical (unpaired) electrons. The SMILES string of the molecule is CC.CC.CCc1nc(Nc2ccc(C)cc2C)nc(N2CCc3ccccc3C2C)c1COC. The first kappa shape index (κ1) is 28.3. The zero-order valence-corrected chi connectivity index (χ0v) is 23.2. The van der Waals surface area contributed by atoms with Crippen molar-refractivity contribution >= 4 is 17.5 Å². The molecule has 0 amide bonds. The second-order valence-corrected chi connectivity index (χ2v) is 8.34. The van der Waals surface area contributed by atoms with Crippen LogP contribution in [0.4, 0.5) is 17.5 Å². The Hall–Kier alpha value is -2.92. The van der Waals surface area contributed by atoms with E-state index in [-0.39, 0.29) is 6.04 Å². The summed E-state index contributed by atoms with van der Waals surface area (Å²) in [6.45, 7) is 18.1. The zero-order chi connectivity index (χ0) is 26.0. The van der Waals surface area contributed by atoms with Crippen molar-refractivity contribution in [1.29, 1.82) is 0 Å². The van der Waals surface area contributed by atoms with Gasteiger partial charge in [-0.2, -0.15) is 4.98 Å². The van der Waals surface area contributed by atoms with Crippen molar-refractivity contribution in [2.45, 2.75) is 80.9 Å². The highest BCUT2D eigenvalue weighted by Crippen LogP contribution is 2.36. The summed E-state index contributed by atoms with van der Waals surface area (Å²) in [4.78, 5) is 12.3. The Kier molecular flexibility index (Phi) is 11.2. The van der Waals surface area contributed by atoms with Crippen LogP contribution in [0.15, 0.2) is 42.5 Å². The highest BCUT2D eigenvalue weighted by Gasteiger charge is 2.28. The highest BCUT2D eigenvalue weighted by atomic mass is 16.5. The van der Waals surface area contributed by atoms with Gasteiger partial charge in [-0.3, -0.25) is 0 Å². The molecule has 5 nitrogen and oxygen atoms in total. The fraction of sp³-hybridized carbons (Fsp3) is 0.467. The Balaban J connectivity index is 0.00000103. The van der Waals surface area contributed by atoms with Crippen LogP contribution in [0.3, 0.4) is 0 Å². The first-order valence-corrected chi connectivity index (χ1v) is 13.1. The van der Waals surface area contributed by atoms with Gasteiger partial charge in [0, 0.05) is 24.9 Å². The Bertz CT molecular complexity index is 1080. The molecule has 3 aromatic rings. The van der Waals surface area contributed by atoms with Gasteiger partial charge in [-0.1, -0.05) is 76.6 Å². The Labute approximate surface area is 213 Å². The lowest BCUT2D eigenvalue weighted by Crippen LogP contribution is -2.35. The van der Waals surface area contributed by atoms with Gasteiger partial charge in [-0.25, -0.2) is 4.98 Å². The number of rotatable bonds is 6. The van der Waals surface area contributed by atoms with Crippen molar-refractivity contribution < 1.29 is 4.74 Å². The highest BCUT2D eigenvalue weighted by molar-refractivity contribution is 5.62. The second-order valence-electron chi connectivity index (χ2n) is 8.34. The van der Waals surface area contributed by atoms with Gasteiger partial charge in [-0.15, -0.1) is 0 Å². The van der Waals surface area contributed by atoms with Crippen molar-refractivity contribution in [3.63, 3.8) is 0 Å². The number of nitrogens with one attached hydrogen (secondary N) is 1. The number of aryl methyl sites for hydroxylation is 3. The molecule has 1 aromatic heterocycles. The van der Waals surface area contributed by atoms with E-state index in [0.717, 1.165) is 42.1 Å². The van der Waals surface area contributed by atoms with E-state index < -0.39 is 0 Å². The van der Waals surface area contributed by atoms with E-state index in [1.807, 2.05) is 27.7 Å². The van der Waals surface area contributed by atoms with Gasteiger partial charge in [-0.05, 0) is 56.4 Å². The molecule has 190 valence electrons. The minimum atomic E-state index is 0.245. The lowest BCUT2D eigenvalue weighted by atomic mass is 9.93. The largest absolute Gasteiger partial charge is 0.380 e. The first-order valence-electron chi connectivity index (χ1n) is 13.1. The van der Waals surface area contributed by atoms with E-state index in [2.05, 4.69) is 80.4 Å². The van der Waals surface area contributed by atoms with Crippen molar-refractivity contribution in [2.75, 3.05) is 23.9 Å². The van der Waals surface area contributed by atoms with E-state index in [4.69, 9.17) is 14.7 Å². The van der Waals surface area contributed by atoms with E-state index >= 15 is 0 Å². The van der Waals surface area contributed by atoms with Gasteiger partial charge in [0.2, 0.25) is 5.95 Å². The van der Waals surface area contributed by atoms with Crippen molar-refractivity contribution in [3.8, 4) is 0 Å². The van der Waals surface area contributed by atoms with Crippen LogP contribution in [-0.4, -0.2) is 23.6 Å². The minimum absolute atomic E-state index is 0.245. The van der Waals surface area contributed by atoms with Crippen molar-refractivity contribution in [2.24, 2.45) is 0 Å². The van der Waals surface area contributed by atoms with Crippen LogP contribution >= 0.6 is 0 Å². The molecule has 2 aromatic carbocycles. The fourth-order valence-corrected chi connectivity index (χ4v) is 4.53. The third-order valence-electron chi connectivity index (χ3n) is 6.19. The van der Waals surface area contributed by atoms with Crippen molar-refractivity contribution in [3.05, 3.63) is 76.0 Å². The minimum Gasteiger partial charge on any atom is -0.380 e. The van der Waals surface area contributed by atoms with E-state index in [9.17, 15) is 0 Å². The van der Waals surface area contributed by atoms with Crippen LogP contribution in [0, 0.1) is 13.8 Å². The molecule has 35 heavy (non-hydrogen) atoms. The average Bonchev–Trinajstić information content (AvgIpc) is 2.89. The van der Waals surface area contributed by atoms with Crippen LogP contribution < -0.4 is 10.2 Å². The molecule has 0 fully saturated rings. The summed E-state index contributed by atoms with van der Waals surface area (Å²) in [5.41, 5.74) is 8.39. The molecule has 1 atom stereocenters. The van der Waals surface area contributed by atoms with Crippen molar-refractivity contribution in [1.82, 2.24) is 9.97 Å². The number of benzene rings is 2. The van der Waals surface area contributed by atoms with Gasteiger partial charge in [0.1, 0.15) is 5.82 Å². The summed E-state index contributed by atoms with van der Waals surface area (Å²) >= 11 is 0. The Morgan fingerprint density at radius 3 is 2.40 bits per heavy atom. The number of aromatic nitrogens is 2. The Morgan fingerprint density at radius 2 is 1.74 bits per heavy atom. The number of fused-ring (bicyclic) bond motifs is 1. The maximum Gasteiger partial charge on any atom is 0.229 e. The number of methoxy groups -OCH3 is 1. The van der Waals surface area contributed by atoms with Gasteiger partial charge in [0.05, 0.1) is 18.3 Å². The third-order valence-corrected chi connectivity index (χ3v) is 6.19. The predicted molar refractivity (Wildman–Crippen MR) is 150 cm³/mol. The molecule has 0 spiro atoms. The maximum absolute atomic E-state index is 5.57. The molecule has 4 rings (SSSR count). The van der Waals surface area contributed by atoms with Crippen LogP contribution in [0.5, 0.6) is 0 Å². The molecule has 0 saturated carbocycles. The van der Waals surface area contributed by atoms with E-state index in [1.165, 1.54) is 22.3 Å². The zero-order valence-electron chi connectivity index (χ0n) is 23.2. The molecule has 0 saturated heterocycles. The number of nitrogens with zero attached hydrogens (tertiary/aromatic N) is 3. The molecular formula is C30H44N4O. The van der Waals surface area contributed by atoms with E-state index in [1.54, 1.807) is 7.11 Å². The van der Waals surface area contributed by atoms with Crippen LogP contribution in [-0.2, 0) is 24.2 Å². The Morgan fingerprint density at radius 1 is 1.03 bits per heavy atom. The van der Waals surface area contributed by atoms with Gasteiger partial charge in [0.25, 0.3) is 0 Å². The van der Waals surface area contributed by atoms with Gasteiger partial charge >= 0.3 is 0 Å². The molecule has 5 heteroatoms. The van der Waals surface area contributed by atoms with Gasteiger partial charge < -0.3 is 15.0 Å². The number of hydrogen-bond donors (Lipinski definition) is 1. The lowest BCUT2D eigenvalue weighted by Gasteiger charge is -2.37. The predicted octanol–water partition coefficient (Wildman–Crippen LogP) is 7.72. The van der Waals surface area contributed by atoms with Crippen LogP contribution in [0.2, 0.25) is 0 Å². The summed E-state index contributed by atoms with van der Waals surface area (Å²) < 4.78 is 5.57. The number of hydrogen-bond acceptors (Lipinski definition) is 5. The fourth-order valence-electron chi connectivity index (χ4n) is 4.53. The molecule has 0 bridgehead atoms. The normalized spacial score (nSPS) is 14.2. The second kappa shape index (κ2) is 13.8. The quantitative estimate of drug-likeness (QED) is 0.394. The molecule has 1 N–H and O–H groups in total. The molecule has 2 heterocycles. The summed E-state index contributed by atoms with van der Waals surface area (Å²) in [6.07, 6.45) is 1.84. The molecular weight excluding hydrogens is 432 g/mol. The smallest absolute Gasteiger partial charge is 0.229 e. The topological polar surface area (TPSA) is 50.3 Å². The summed E-state index contributed by atoms with van der Waals surface area (Å²) in [5, 5.41) is 3.47. The summed E-state index contributed by atoms with van der Waals surface area (Å²) in [7, 11) is 1.74. The van der Waals surface area contributed by atoms with E-state index in [0.29, 0.717) is 12.6 Å². The summed E-state index contributed by atoms with van der Waals surface area (Å²) in [5.74, 6) is 1.62. The standard InChI is InChI=1S/C26H32N4O.2C2H6/c1-6-23-22(16-31-5)25(30-14-13-20-9-7-8-10-21(20)19(30)4)29-26(27-23)28-24-12-11-17(2)15-18(24)3;2*1-2/h7-12,15,19H,6,13-14,16H2,1-5H3,(H,27,28,29);2*1-2H3.